The van der Waals surface area contributed by atoms with Gasteiger partial charge in [-0.15, -0.1) is 0 Å². The third-order valence-corrected chi connectivity index (χ3v) is 5.10. The molecule has 0 aliphatic carbocycles. The quantitative estimate of drug-likeness (QED) is 0.289. The minimum absolute atomic E-state index is 0.160. The summed E-state index contributed by atoms with van der Waals surface area (Å²) < 4.78 is 5.58. The van der Waals surface area contributed by atoms with Crippen LogP contribution in [-0.2, 0) is 0 Å². The Morgan fingerprint density at radius 3 is 2.24 bits per heavy atom. The molecule has 0 aliphatic heterocycles. The van der Waals surface area contributed by atoms with Crippen molar-refractivity contribution in [1.29, 1.82) is 0 Å². The third kappa shape index (κ3) is 5.43. The van der Waals surface area contributed by atoms with E-state index in [2.05, 4.69) is 16.2 Å². The number of methoxy groups -OCH3 is 1. The summed E-state index contributed by atoms with van der Waals surface area (Å²) in [6, 6.07) is 32.5. The molecular weight excluding hydrogens is 412 g/mol. The monoisotopic (exact) mass is 438 g/mol. The van der Waals surface area contributed by atoms with Gasteiger partial charge in [0.2, 0.25) is 0 Å². The highest BCUT2D eigenvalue weighted by Gasteiger charge is 2.14. The van der Waals surface area contributed by atoms with Crippen molar-refractivity contribution in [3.63, 3.8) is 0 Å². The predicted molar refractivity (Wildman–Crippen MR) is 135 cm³/mol. The lowest BCUT2D eigenvalue weighted by atomic mass is 10.2. The van der Waals surface area contributed by atoms with E-state index in [4.69, 9.17) is 4.74 Å². The highest BCUT2D eigenvalue weighted by atomic mass is 16.5. The fraction of sp³-hybridized carbons (Fsp3) is 0.0741. The van der Waals surface area contributed by atoms with Gasteiger partial charge in [0, 0.05) is 11.3 Å². The Hall–Kier alpha value is -4.45. The number of nitrogens with one attached hydrogen (secondary N) is 3. The van der Waals surface area contributed by atoms with Crippen molar-refractivity contribution in [2.45, 2.75) is 6.92 Å². The van der Waals surface area contributed by atoms with E-state index in [1.54, 1.807) is 24.4 Å². The number of anilines is 4. The Labute approximate surface area is 193 Å². The number of amides is 1. The molecule has 0 unspecified atom stereocenters. The summed E-state index contributed by atoms with van der Waals surface area (Å²) in [7, 11) is 1.64. The number of hydrazine groups is 2. The van der Waals surface area contributed by atoms with E-state index in [0.717, 1.165) is 22.6 Å². The van der Waals surface area contributed by atoms with Crippen molar-refractivity contribution in [3.05, 3.63) is 114 Å². The van der Waals surface area contributed by atoms with Gasteiger partial charge in [-0.05, 0) is 61.0 Å². The average molecular weight is 439 g/mol. The van der Waals surface area contributed by atoms with E-state index in [1.807, 2.05) is 97.9 Å². The second-order valence-corrected chi connectivity index (χ2v) is 7.45. The summed E-state index contributed by atoms with van der Waals surface area (Å²) in [4.78, 5) is 12.6. The van der Waals surface area contributed by atoms with Crippen molar-refractivity contribution in [1.82, 2.24) is 0 Å². The number of carbonyl (C=O) groups excluding carboxylic acids is 1. The van der Waals surface area contributed by atoms with Crippen LogP contribution < -0.4 is 26.0 Å². The maximum absolute atomic E-state index is 12.6. The molecule has 0 radical (unpaired) electrons. The molecule has 6 heteroatoms. The normalized spacial score (nSPS) is 10.2. The summed E-state index contributed by atoms with van der Waals surface area (Å²) >= 11 is 0. The number of benzene rings is 4. The van der Waals surface area contributed by atoms with Gasteiger partial charge in [0.1, 0.15) is 11.4 Å². The number of ether oxygens (including phenoxy) is 1. The van der Waals surface area contributed by atoms with Gasteiger partial charge in [-0.3, -0.25) is 15.6 Å². The fourth-order valence-corrected chi connectivity index (χ4v) is 3.37. The Morgan fingerprint density at radius 2 is 1.45 bits per heavy atom. The van der Waals surface area contributed by atoms with Crippen LogP contribution in [0.5, 0.6) is 5.75 Å². The molecule has 4 aromatic rings. The lowest BCUT2D eigenvalue weighted by Gasteiger charge is -2.29. The van der Waals surface area contributed by atoms with Crippen molar-refractivity contribution < 1.29 is 9.53 Å². The van der Waals surface area contributed by atoms with Crippen LogP contribution in [0.3, 0.4) is 0 Å². The number of aryl methyl sites for hydroxylation is 1. The SMILES string of the molecule is COc1ccccc1N(Nc1cccc(NC(=O)c2ccccc2)c1)Nc1ccccc1C. The first-order chi connectivity index (χ1) is 16.1. The van der Waals surface area contributed by atoms with Gasteiger partial charge >= 0.3 is 0 Å². The molecule has 0 bridgehead atoms. The van der Waals surface area contributed by atoms with Crippen molar-refractivity contribution >= 4 is 28.7 Å². The minimum Gasteiger partial charge on any atom is -0.494 e. The van der Waals surface area contributed by atoms with Crippen LogP contribution in [0.15, 0.2) is 103 Å². The molecule has 0 saturated carbocycles. The third-order valence-electron chi connectivity index (χ3n) is 5.10. The molecule has 33 heavy (non-hydrogen) atoms. The predicted octanol–water partition coefficient (Wildman–Crippen LogP) is 6.12. The zero-order valence-corrected chi connectivity index (χ0v) is 18.6. The highest BCUT2D eigenvalue weighted by molar-refractivity contribution is 6.04. The van der Waals surface area contributed by atoms with Gasteiger partial charge in [0.25, 0.3) is 5.91 Å². The van der Waals surface area contributed by atoms with Gasteiger partial charge < -0.3 is 10.1 Å². The molecule has 3 N–H and O–H groups in total. The first-order valence-electron chi connectivity index (χ1n) is 10.6. The number of hydrogen-bond acceptors (Lipinski definition) is 5. The number of para-hydroxylation sites is 3. The lowest BCUT2D eigenvalue weighted by molar-refractivity contribution is 0.102. The molecule has 4 aromatic carbocycles. The molecule has 166 valence electrons. The van der Waals surface area contributed by atoms with Gasteiger partial charge in [0.15, 0.2) is 0 Å². The molecule has 0 atom stereocenters. The van der Waals surface area contributed by atoms with Gasteiger partial charge in [-0.25, -0.2) is 0 Å². The van der Waals surface area contributed by atoms with E-state index in [1.165, 1.54) is 0 Å². The number of nitrogens with zero attached hydrogens (tertiary/aromatic N) is 1. The molecular formula is C27H26N4O2. The molecule has 0 aromatic heterocycles. The topological polar surface area (TPSA) is 65.6 Å². The maximum atomic E-state index is 12.6. The van der Waals surface area contributed by atoms with E-state index < -0.39 is 0 Å². The number of hydrogen-bond donors (Lipinski definition) is 3. The smallest absolute Gasteiger partial charge is 0.255 e. The minimum atomic E-state index is -0.160. The molecule has 1 amide bonds. The van der Waals surface area contributed by atoms with Gasteiger partial charge in [-0.1, -0.05) is 54.6 Å². The summed E-state index contributed by atoms with van der Waals surface area (Å²) in [5.74, 6) is 0.548. The first kappa shape index (κ1) is 21.8. The van der Waals surface area contributed by atoms with Crippen molar-refractivity contribution in [2.75, 3.05) is 28.4 Å². The zero-order chi connectivity index (χ0) is 23.0. The molecule has 4 rings (SSSR count). The molecule has 0 aliphatic rings. The van der Waals surface area contributed by atoms with Gasteiger partial charge in [-0.2, -0.15) is 5.12 Å². The Kier molecular flexibility index (Phi) is 6.75. The summed E-state index contributed by atoms with van der Waals surface area (Å²) in [5.41, 5.74) is 11.7. The van der Waals surface area contributed by atoms with Crippen molar-refractivity contribution in [3.8, 4) is 5.75 Å². The van der Waals surface area contributed by atoms with Crippen LogP contribution in [0, 0.1) is 6.92 Å². The Morgan fingerprint density at radius 1 is 0.758 bits per heavy atom. The second-order valence-electron chi connectivity index (χ2n) is 7.45. The zero-order valence-electron chi connectivity index (χ0n) is 18.6. The van der Waals surface area contributed by atoms with E-state index >= 15 is 0 Å². The largest absolute Gasteiger partial charge is 0.494 e. The van der Waals surface area contributed by atoms with E-state index in [9.17, 15) is 4.79 Å². The molecule has 0 fully saturated rings. The van der Waals surface area contributed by atoms with Crippen LogP contribution in [0.25, 0.3) is 0 Å². The average Bonchev–Trinajstić information content (AvgIpc) is 2.85. The molecule has 0 heterocycles. The van der Waals surface area contributed by atoms with Gasteiger partial charge in [0.05, 0.1) is 18.5 Å². The number of carbonyl (C=O) groups is 1. The molecule has 0 saturated heterocycles. The summed E-state index contributed by atoms with van der Waals surface area (Å²) in [5, 5.41) is 4.76. The van der Waals surface area contributed by atoms with Crippen LogP contribution in [-0.4, -0.2) is 13.0 Å². The second kappa shape index (κ2) is 10.2. The molecule has 6 nitrogen and oxygen atoms in total. The maximum Gasteiger partial charge on any atom is 0.255 e. The standard InChI is InChI=1S/C27H26N4O2/c1-20-11-6-7-16-24(20)30-31(25-17-8-9-18-26(25)33-2)29-23-15-10-14-22(19-23)28-27(32)21-12-4-3-5-13-21/h3-19,29-30H,1-2H3,(H,28,32). The summed E-state index contributed by atoms with van der Waals surface area (Å²) in [6.45, 7) is 2.04. The van der Waals surface area contributed by atoms with Crippen LogP contribution in [0.2, 0.25) is 0 Å². The Bertz CT molecular complexity index is 1230. The van der Waals surface area contributed by atoms with Crippen molar-refractivity contribution in [2.24, 2.45) is 0 Å². The fourth-order valence-electron chi connectivity index (χ4n) is 3.37. The van der Waals surface area contributed by atoms with Crippen LogP contribution >= 0.6 is 0 Å². The van der Waals surface area contributed by atoms with E-state index in [-0.39, 0.29) is 5.91 Å². The Balaban J connectivity index is 1.60. The number of rotatable bonds is 8. The van der Waals surface area contributed by atoms with E-state index in [0.29, 0.717) is 17.0 Å². The van der Waals surface area contributed by atoms with Crippen LogP contribution in [0.1, 0.15) is 15.9 Å². The molecule has 0 spiro atoms. The summed E-state index contributed by atoms with van der Waals surface area (Å²) in [6.07, 6.45) is 0. The highest BCUT2D eigenvalue weighted by Crippen LogP contribution is 2.30. The van der Waals surface area contributed by atoms with Crippen LogP contribution in [0.4, 0.5) is 22.7 Å². The first-order valence-corrected chi connectivity index (χ1v) is 10.6. The lowest BCUT2D eigenvalue weighted by Crippen LogP contribution is -2.36.